The molecule has 0 bridgehead atoms. The number of nitrogens with zero attached hydrogens (tertiary/aromatic N) is 2. The van der Waals surface area contributed by atoms with E-state index < -0.39 is 10.0 Å². The van der Waals surface area contributed by atoms with Crippen LogP contribution in [0.3, 0.4) is 0 Å². The van der Waals surface area contributed by atoms with E-state index >= 15 is 0 Å². The number of fused-ring (bicyclic) bond motifs is 1. The number of hydrogen-bond acceptors (Lipinski definition) is 6. The zero-order valence-corrected chi connectivity index (χ0v) is 19.5. The van der Waals surface area contributed by atoms with Crippen molar-refractivity contribution < 1.29 is 13.2 Å². The van der Waals surface area contributed by atoms with Gasteiger partial charge >= 0.3 is 0 Å². The molecule has 5 rings (SSSR count). The van der Waals surface area contributed by atoms with Crippen LogP contribution < -0.4 is 10.2 Å². The minimum absolute atomic E-state index is 0.0475. The number of nitrogens with one attached hydrogen (secondary N) is 2. The molecule has 3 aliphatic heterocycles. The Hall–Kier alpha value is -2.33. The molecular weight excluding hydrogens is 468 g/mol. The second-order valence-electron chi connectivity index (χ2n) is 7.86. The van der Waals surface area contributed by atoms with Crippen LogP contribution in [-0.2, 0) is 14.8 Å². The summed E-state index contributed by atoms with van der Waals surface area (Å²) in [5.74, 6) is -0.226. The average Bonchev–Trinajstić information content (AvgIpc) is 3.35. The predicted molar refractivity (Wildman–Crippen MR) is 127 cm³/mol. The first-order valence-electron chi connectivity index (χ1n) is 10.3. The maximum absolute atomic E-state index is 13.0. The van der Waals surface area contributed by atoms with Gasteiger partial charge in [-0.3, -0.25) is 15.1 Å². The molecule has 3 aliphatic rings. The van der Waals surface area contributed by atoms with Crippen LogP contribution in [0.4, 0.5) is 11.4 Å². The number of benzene rings is 2. The van der Waals surface area contributed by atoms with Gasteiger partial charge in [0, 0.05) is 23.6 Å². The Morgan fingerprint density at radius 1 is 1.06 bits per heavy atom. The topological polar surface area (TPSA) is 93.6 Å². The molecule has 0 aliphatic carbocycles. The van der Waals surface area contributed by atoms with E-state index in [1.807, 2.05) is 24.3 Å². The van der Waals surface area contributed by atoms with E-state index in [0.717, 1.165) is 34.9 Å². The molecule has 0 unspecified atom stereocenters. The lowest BCUT2D eigenvalue weighted by atomic mass is 10.2. The summed E-state index contributed by atoms with van der Waals surface area (Å²) in [7, 11) is -3.64. The van der Waals surface area contributed by atoms with E-state index in [-0.39, 0.29) is 28.1 Å². The fourth-order valence-electron chi connectivity index (χ4n) is 4.15. The van der Waals surface area contributed by atoms with Crippen molar-refractivity contribution in [1.29, 1.82) is 5.41 Å². The monoisotopic (exact) mass is 488 g/mol. The number of carbonyl (C=O) groups is 1. The van der Waals surface area contributed by atoms with E-state index in [4.69, 9.17) is 17.0 Å². The van der Waals surface area contributed by atoms with Crippen molar-refractivity contribution >= 4 is 56.5 Å². The van der Waals surface area contributed by atoms with Crippen molar-refractivity contribution in [2.24, 2.45) is 0 Å². The van der Waals surface area contributed by atoms with Crippen molar-refractivity contribution in [2.45, 2.75) is 35.5 Å². The van der Waals surface area contributed by atoms with Gasteiger partial charge in [-0.05, 0) is 43.2 Å². The van der Waals surface area contributed by atoms with Crippen LogP contribution >= 0.6 is 23.4 Å². The van der Waals surface area contributed by atoms with E-state index in [1.54, 1.807) is 0 Å². The Labute approximate surface area is 196 Å². The number of amides is 1. The summed E-state index contributed by atoms with van der Waals surface area (Å²) in [6.07, 6.45) is 2.79. The number of carbonyl (C=O) groups excluding carboxylic acids is 1. The number of thioether (sulfide) groups is 1. The number of halogens is 1. The number of sulfonamides is 1. The average molecular weight is 489 g/mol. The van der Waals surface area contributed by atoms with Gasteiger partial charge in [0.1, 0.15) is 5.84 Å². The minimum Gasteiger partial charge on any atom is -0.349 e. The van der Waals surface area contributed by atoms with Gasteiger partial charge in [-0.15, -0.1) is 0 Å². The maximum Gasteiger partial charge on any atom is 0.243 e. The molecule has 0 saturated carbocycles. The summed E-state index contributed by atoms with van der Waals surface area (Å²) >= 11 is 7.95. The van der Waals surface area contributed by atoms with Crippen LogP contribution in [0, 0.1) is 5.41 Å². The van der Waals surface area contributed by atoms with Crippen LogP contribution in [0.2, 0.25) is 5.02 Å². The smallest absolute Gasteiger partial charge is 0.243 e. The molecule has 2 aromatic carbocycles. The van der Waals surface area contributed by atoms with Gasteiger partial charge in [0.2, 0.25) is 15.9 Å². The fraction of sp³-hybridized carbons (Fsp3) is 0.273. The molecule has 166 valence electrons. The molecule has 2 N–H and O–H groups in total. The normalized spacial score (nSPS) is 21.7. The molecular formula is C22H21ClN4O3S2. The molecule has 3 heterocycles. The lowest BCUT2D eigenvalue weighted by Gasteiger charge is -2.26. The SMILES string of the molecule is N=C1/C(=C2/Nc3ccccc3S2)CC(=O)N1c1ccc(S(=O)(=O)N2CCCCC2)cc1Cl. The van der Waals surface area contributed by atoms with Gasteiger partial charge in [0.25, 0.3) is 0 Å². The highest BCUT2D eigenvalue weighted by atomic mass is 35.5. The van der Waals surface area contributed by atoms with Crippen LogP contribution in [0.25, 0.3) is 0 Å². The molecule has 7 nitrogen and oxygen atoms in total. The number of rotatable bonds is 3. The summed E-state index contributed by atoms with van der Waals surface area (Å²) in [5, 5.41) is 12.8. The molecule has 2 fully saturated rings. The first-order valence-corrected chi connectivity index (χ1v) is 13.0. The van der Waals surface area contributed by atoms with E-state index in [0.29, 0.717) is 24.4 Å². The van der Waals surface area contributed by atoms with Crippen LogP contribution in [-0.4, -0.2) is 37.6 Å². The summed E-state index contributed by atoms with van der Waals surface area (Å²) in [6, 6.07) is 12.2. The number of hydrogen-bond donors (Lipinski definition) is 2. The van der Waals surface area contributed by atoms with Crippen LogP contribution in [0.1, 0.15) is 25.7 Å². The zero-order chi connectivity index (χ0) is 22.5. The molecule has 0 aromatic heterocycles. The lowest BCUT2D eigenvalue weighted by molar-refractivity contribution is -0.116. The summed E-state index contributed by atoms with van der Waals surface area (Å²) < 4.78 is 27.4. The Morgan fingerprint density at radius 2 is 1.81 bits per heavy atom. The van der Waals surface area contributed by atoms with Gasteiger partial charge < -0.3 is 5.32 Å². The van der Waals surface area contributed by atoms with Crippen molar-refractivity contribution in [3.8, 4) is 0 Å². The molecule has 32 heavy (non-hydrogen) atoms. The van der Waals surface area contributed by atoms with Crippen molar-refractivity contribution in [3.63, 3.8) is 0 Å². The Bertz CT molecular complexity index is 1240. The van der Waals surface area contributed by atoms with Gasteiger partial charge in [-0.1, -0.05) is 41.9 Å². The first kappa shape index (κ1) is 21.5. The van der Waals surface area contributed by atoms with Crippen LogP contribution in [0.5, 0.6) is 0 Å². The molecule has 10 heteroatoms. The van der Waals surface area contributed by atoms with Crippen LogP contribution in [0.15, 0.2) is 62.9 Å². The fourth-order valence-corrected chi connectivity index (χ4v) is 7.08. The standard InChI is InChI=1S/C22H21ClN4O3S2/c23-16-12-14(32(29,30)26-10-4-1-5-11-26)8-9-18(16)27-20(28)13-15(21(27)24)22-25-17-6-2-3-7-19(17)31-22/h2-3,6-9,12,24-25H,1,4-5,10-11,13H2/b22-15-,24-21?. The molecule has 0 atom stereocenters. The molecule has 1 amide bonds. The Morgan fingerprint density at radius 3 is 2.53 bits per heavy atom. The Kier molecular flexibility index (Phi) is 5.53. The van der Waals surface area contributed by atoms with E-state index in [9.17, 15) is 13.2 Å². The highest BCUT2D eigenvalue weighted by Crippen LogP contribution is 2.45. The van der Waals surface area contributed by atoms with Crippen molar-refractivity contribution in [3.05, 3.63) is 58.1 Å². The maximum atomic E-state index is 13.0. The van der Waals surface area contributed by atoms with E-state index in [1.165, 1.54) is 39.2 Å². The molecule has 0 spiro atoms. The summed E-state index contributed by atoms with van der Waals surface area (Å²) in [4.78, 5) is 15.2. The summed E-state index contributed by atoms with van der Waals surface area (Å²) in [5.41, 5.74) is 1.86. The minimum atomic E-state index is -3.64. The molecule has 2 saturated heterocycles. The first-order chi connectivity index (χ1) is 15.4. The number of piperidine rings is 1. The number of amidine groups is 1. The largest absolute Gasteiger partial charge is 0.349 e. The second-order valence-corrected chi connectivity index (χ2v) is 11.3. The van der Waals surface area contributed by atoms with E-state index in [2.05, 4.69) is 5.32 Å². The van der Waals surface area contributed by atoms with Gasteiger partial charge in [-0.2, -0.15) is 4.31 Å². The highest BCUT2D eigenvalue weighted by Gasteiger charge is 2.37. The number of para-hydroxylation sites is 1. The third-order valence-electron chi connectivity index (χ3n) is 5.82. The summed E-state index contributed by atoms with van der Waals surface area (Å²) in [6.45, 7) is 1.00. The third-order valence-corrected chi connectivity index (χ3v) is 9.15. The second kappa shape index (κ2) is 8.22. The molecule has 0 radical (unpaired) electrons. The Balaban J connectivity index is 1.44. The number of anilines is 2. The quantitative estimate of drug-likeness (QED) is 0.655. The van der Waals surface area contributed by atoms with Crippen molar-refractivity contribution in [1.82, 2.24) is 4.31 Å². The predicted octanol–water partition coefficient (Wildman–Crippen LogP) is 4.66. The zero-order valence-electron chi connectivity index (χ0n) is 17.1. The van der Waals surface area contributed by atoms with Crippen molar-refractivity contribution in [2.75, 3.05) is 23.3 Å². The third kappa shape index (κ3) is 3.63. The van der Waals surface area contributed by atoms with Gasteiger partial charge in [0.05, 0.1) is 32.7 Å². The molecule has 2 aromatic rings. The highest BCUT2D eigenvalue weighted by molar-refractivity contribution is 8.03. The lowest BCUT2D eigenvalue weighted by Crippen LogP contribution is -2.35. The van der Waals surface area contributed by atoms with Gasteiger partial charge in [-0.25, -0.2) is 8.42 Å². The van der Waals surface area contributed by atoms with Gasteiger partial charge in [0.15, 0.2) is 0 Å².